The first-order valence-electron chi connectivity index (χ1n) is 6.29. The molecule has 0 radical (unpaired) electrons. The third-order valence-electron chi connectivity index (χ3n) is 3.21. The van der Waals surface area contributed by atoms with Gasteiger partial charge in [0.2, 0.25) is 0 Å². The summed E-state index contributed by atoms with van der Waals surface area (Å²) in [6.07, 6.45) is 0.243. The van der Waals surface area contributed by atoms with Crippen LogP contribution in [0, 0.1) is 11.3 Å². The molecule has 2 aliphatic heterocycles. The van der Waals surface area contributed by atoms with Crippen molar-refractivity contribution in [2.24, 2.45) is 11.3 Å². The number of ether oxygens (including phenoxy) is 3. The lowest BCUT2D eigenvalue weighted by Gasteiger charge is -2.21. The van der Waals surface area contributed by atoms with Crippen LogP contribution in [0.25, 0.3) is 0 Å². The van der Waals surface area contributed by atoms with E-state index in [4.69, 9.17) is 14.2 Å². The van der Waals surface area contributed by atoms with Crippen LogP contribution in [0.1, 0.15) is 34.1 Å². The highest BCUT2D eigenvalue weighted by atomic mass is 16.6. The molecule has 2 heterocycles. The summed E-state index contributed by atoms with van der Waals surface area (Å²) in [7, 11) is 0. The van der Waals surface area contributed by atoms with Crippen LogP contribution >= 0.6 is 0 Å². The second-order valence-corrected chi connectivity index (χ2v) is 6.34. The summed E-state index contributed by atoms with van der Waals surface area (Å²) in [4.78, 5) is 11.8. The number of carbonyl (C=O) groups is 1. The molecule has 2 saturated heterocycles. The van der Waals surface area contributed by atoms with Gasteiger partial charge in [-0.2, -0.15) is 0 Å². The average Bonchev–Trinajstić information content (AvgIpc) is 2.69. The minimum Gasteiger partial charge on any atom is -0.457 e. The summed E-state index contributed by atoms with van der Waals surface area (Å²) in [5, 5.41) is 0. The Hall–Kier alpha value is -0.610. The Bertz CT molecular complexity index is 294. The van der Waals surface area contributed by atoms with Crippen LogP contribution in [-0.2, 0) is 19.0 Å². The highest BCUT2D eigenvalue weighted by Crippen LogP contribution is 2.32. The molecule has 2 aliphatic rings. The van der Waals surface area contributed by atoms with E-state index in [-0.39, 0.29) is 29.7 Å². The number of fused-ring (bicyclic) bond motifs is 1. The van der Waals surface area contributed by atoms with Crippen LogP contribution in [0.5, 0.6) is 0 Å². The maximum Gasteiger partial charge on any atom is 0.306 e. The summed E-state index contributed by atoms with van der Waals surface area (Å²) < 4.78 is 16.7. The Balaban J connectivity index is 1.86. The van der Waals surface area contributed by atoms with Gasteiger partial charge in [-0.05, 0) is 5.41 Å². The van der Waals surface area contributed by atoms with Gasteiger partial charge in [-0.15, -0.1) is 0 Å². The lowest BCUT2D eigenvalue weighted by molar-refractivity contribution is -0.155. The first-order chi connectivity index (χ1) is 7.87. The zero-order chi connectivity index (χ0) is 12.6. The first kappa shape index (κ1) is 12.8. The van der Waals surface area contributed by atoms with Crippen LogP contribution in [-0.4, -0.2) is 37.5 Å². The van der Waals surface area contributed by atoms with Gasteiger partial charge < -0.3 is 14.2 Å². The van der Waals surface area contributed by atoms with E-state index in [0.717, 1.165) is 0 Å². The third kappa shape index (κ3) is 2.99. The predicted molar refractivity (Wildman–Crippen MR) is 62.6 cm³/mol. The molecule has 2 fully saturated rings. The van der Waals surface area contributed by atoms with Crippen molar-refractivity contribution in [1.82, 2.24) is 0 Å². The zero-order valence-electron chi connectivity index (χ0n) is 11.1. The topological polar surface area (TPSA) is 44.8 Å². The van der Waals surface area contributed by atoms with Gasteiger partial charge in [0, 0.05) is 5.92 Å². The number of hydrogen-bond acceptors (Lipinski definition) is 4. The average molecular weight is 242 g/mol. The molecular weight excluding hydrogens is 220 g/mol. The molecule has 98 valence electrons. The highest BCUT2D eigenvalue weighted by Gasteiger charge is 2.47. The van der Waals surface area contributed by atoms with Crippen molar-refractivity contribution < 1.29 is 19.0 Å². The van der Waals surface area contributed by atoms with Crippen LogP contribution in [0.3, 0.4) is 0 Å². The molecule has 17 heavy (non-hydrogen) atoms. The fourth-order valence-electron chi connectivity index (χ4n) is 2.40. The van der Waals surface area contributed by atoms with E-state index in [0.29, 0.717) is 25.6 Å². The number of rotatable bonds is 2. The summed E-state index contributed by atoms with van der Waals surface area (Å²) in [5.41, 5.74) is -0.0419. The second kappa shape index (κ2) is 4.58. The molecule has 0 bridgehead atoms. The minimum atomic E-state index is -0.222. The fourth-order valence-corrected chi connectivity index (χ4v) is 2.40. The molecule has 4 atom stereocenters. The molecule has 0 aromatic carbocycles. The van der Waals surface area contributed by atoms with E-state index in [1.54, 1.807) is 0 Å². The fraction of sp³-hybridized carbons (Fsp3) is 0.923. The monoisotopic (exact) mass is 242 g/mol. The Morgan fingerprint density at radius 2 is 1.88 bits per heavy atom. The normalized spacial score (nSPS) is 36.9. The van der Waals surface area contributed by atoms with Gasteiger partial charge in [-0.1, -0.05) is 27.7 Å². The van der Waals surface area contributed by atoms with Gasteiger partial charge >= 0.3 is 5.97 Å². The number of hydrogen-bond donors (Lipinski definition) is 0. The summed E-state index contributed by atoms with van der Waals surface area (Å²) in [6.45, 7) is 9.34. The smallest absolute Gasteiger partial charge is 0.306 e. The van der Waals surface area contributed by atoms with Crippen LogP contribution in [0.4, 0.5) is 0 Å². The van der Waals surface area contributed by atoms with Crippen molar-refractivity contribution in [2.75, 3.05) is 13.2 Å². The third-order valence-corrected chi connectivity index (χ3v) is 3.21. The lowest BCUT2D eigenvalue weighted by atomic mass is 9.92. The minimum absolute atomic E-state index is 0.0419. The van der Waals surface area contributed by atoms with Gasteiger partial charge in [-0.3, -0.25) is 4.79 Å². The summed E-state index contributed by atoms with van der Waals surface area (Å²) >= 11 is 0. The molecule has 0 saturated carbocycles. The first-order valence-corrected chi connectivity index (χ1v) is 6.29. The Morgan fingerprint density at radius 3 is 2.53 bits per heavy atom. The van der Waals surface area contributed by atoms with Crippen LogP contribution < -0.4 is 0 Å². The quantitative estimate of drug-likeness (QED) is 0.692. The van der Waals surface area contributed by atoms with Crippen molar-refractivity contribution in [3.8, 4) is 0 Å². The molecule has 4 nitrogen and oxygen atoms in total. The van der Waals surface area contributed by atoms with Crippen molar-refractivity contribution >= 4 is 5.97 Å². The maximum absolute atomic E-state index is 11.8. The van der Waals surface area contributed by atoms with Gasteiger partial charge in [0.25, 0.3) is 0 Å². The molecular formula is C13H22O4. The molecule has 0 N–H and O–H groups in total. The zero-order valence-corrected chi connectivity index (χ0v) is 11.1. The van der Waals surface area contributed by atoms with Gasteiger partial charge in [0.1, 0.15) is 6.10 Å². The standard InChI is InChI=1S/C13H22O4/c1-8-6-15-12-9(7-16-11(8)12)17-10(14)5-13(2,3)4/h8-9,11-12H,5-7H2,1-4H3/t8-,9+,11-,12-/m1/s1. The predicted octanol–water partition coefficient (Wildman–Crippen LogP) is 1.77. The lowest BCUT2D eigenvalue weighted by Crippen LogP contribution is -2.33. The molecule has 0 unspecified atom stereocenters. The number of carbonyl (C=O) groups excluding carboxylic acids is 1. The molecule has 0 aromatic rings. The second-order valence-electron chi connectivity index (χ2n) is 6.34. The Labute approximate surface area is 103 Å². The van der Waals surface area contributed by atoms with Crippen molar-refractivity contribution in [2.45, 2.75) is 52.4 Å². The molecule has 0 amide bonds. The van der Waals surface area contributed by atoms with E-state index in [9.17, 15) is 4.79 Å². The maximum atomic E-state index is 11.8. The largest absolute Gasteiger partial charge is 0.457 e. The molecule has 0 aliphatic carbocycles. The molecule has 0 spiro atoms. The van der Waals surface area contributed by atoms with Crippen molar-refractivity contribution in [1.29, 1.82) is 0 Å². The van der Waals surface area contributed by atoms with E-state index in [2.05, 4.69) is 6.92 Å². The SMILES string of the molecule is C[C@@H]1CO[C@H]2[C@@H]1OC[C@@H]2OC(=O)CC(C)(C)C. The van der Waals surface area contributed by atoms with E-state index in [1.165, 1.54) is 0 Å². The van der Waals surface area contributed by atoms with Crippen molar-refractivity contribution in [3.05, 3.63) is 0 Å². The van der Waals surface area contributed by atoms with Gasteiger partial charge in [0.05, 0.1) is 25.7 Å². The van der Waals surface area contributed by atoms with E-state index < -0.39 is 0 Å². The summed E-state index contributed by atoms with van der Waals surface area (Å²) in [5.74, 6) is 0.237. The highest BCUT2D eigenvalue weighted by molar-refractivity contribution is 5.70. The van der Waals surface area contributed by atoms with E-state index in [1.807, 2.05) is 20.8 Å². The van der Waals surface area contributed by atoms with E-state index >= 15 is 0 Å². The molecule has 2 rings (SSSR count). The van der Waals surface area contributed by atoms with Crippen LogP contribution in [0.2, 0.25) is 0 Å². The Morgan fingerprint density at radius 1 is 1.24 bits per heavy atom. The number of esters is 1. The van der Waals surface area contributed by atoms with Crippen LogP contribution in [0.15, 0.2) is 0 Å². The Kier molecular flexibility index (Phi) is 3.46. The molecule has 0 aromatic heterocycles. The summed E-state index contributed by atoms with van der Waals surface area (Å²) in [6, 6.07) is 0. The van der Waals surface area contributed by atoms with Crippen molar-refractivity contribution in [3.63, 3.8) is 0 Å². The van der Waals surface area contributed by atoms with Gasteiger partial charge in [-0.25, -0.2) is 0 Å². The molecule has 4 heteroatoms. The van der Waals surface area contributed by atoms with Gasteiger partial charge in [0.15, 0.2) is 6.10 Å².